The average molecular weight is 635 g/mol. The molecular weight excluding hydrogens is 576 g/mol. The molecule has 0 aromatic heterocycles. The summed E-state index contributed by atoms with van der Waals surface area (Å²) >= 11 is 0. The highest BCUT2D eigenvalue weighted by Gasteiger charge is 2.39. The van der Waals surface area contributed by atoms with Gasteiger partial charge in [0.25, 0.3) is 0 Å². The van der Waals surface area contributed by atoms with E-state index in [1.165, 1.54) is 70.6 Å². The van der Waals surface area contributed by atoms with Gasteiger partial charge in [0, 0.05) is 6.42 Å². The Labute approximate surface area is 253 Å². The number of carbonyl (C=O) groups is 1. The van der Waals surface area contributed by atoms with E-state index in [1.54, 1.807) is 0 Å². The van der Waals surface area contributed by atoms with Crippen LogP contribution in [0.2, 0.25) is 0 Å². The zero-order chi connectivity index (χ0) is 33.4. The zero-order valence-electron chi connectivity index (χ0n) is 25.2. The van der Waals surface area contributed by atoms with Gasteiger partial charge in [0.05, 0.1) is 13.2 Å². The number of carboxylic acids is 1. The maximum Gasteiger partial charge on any atom is 0.303 e. The number of unbranched alkanes of at least 4 members (excludes halogenated alkanes) is 12. The molecule has 2 unspecified atom stereocenters. The lowest BCUT2D eigenvalue weighted by molar-refractivity contribution is -0.295. The highest BCUT2D eigenvalue weighted by Crippen LogP contribution is 2.15. The largest absolute Gasteiger partial charge is 0.481 e. The first-order valence-corrected chi connectivity index (χ1v) is 15.2. The minimum Gasteiger partial charge on any atom is -0.481 e. The fourth-order valence-corrected chi connectivity index (χ4v) is 4.01. The van der Waals surface area contributed by atoms with Crippen molar-refractivity contribution < 1.29 is 75.9 Å². The lowest BCUT2D eigenvalue weighted by Crippen LogP contribution is -2.54. The van der Waals surface area contributed by atoms with E-state index in [-0.39, 0.29) is 0 Å². The maximum atomic E-state index is 10.3. The molecule has 0 aliphatic heterocycles. The van der Waals surface area contributed by atoms with Crippen molar-refractivity contribution >= 4 is 5.97 Å². The highest BCUT2D eigenvalue weighted by molar-refractivity contribution is 5.66. The number of aliphatic hydroxyl groups excluding tert-OH is 12. The molecule has 0 heterocycles. The highest BCUT2D eigenvalue weighted by atomic mass is 16.7. The van der Waals surface area contributed by atoms with Gasteiger partial charge in [-0.2, -0.15) is 0 Å². The number of hydrogen-bond donors (Lipinski definition) is 13. The Balaban J connectivity index is 0. The van der Waals surface area contributed by atoms with Crippen molar-refractivity contribution in [1.29, 1.82) is 0 Å². The van der Waals surface area contributed by atoms with E-state index < -0.39 is 80.6 Å². The second-order valence-electron chi connectivity index (χ2n) is 10.7. The van der Waals surface area contributed by atoms with Gasteiger partial charge >= 0.3 is 5.97 Å². The van der Waals surface area contributed by atoms with Crippen molar-refractivity contribution in [3.05, 3.63) is 0 Å². The van der Waals surface area contributed by atoms with Gasteiger partial charge in [0.2, 0.25) is 0 Å². The van der Waals surface area contributed by atoms with Crippen LogP contribution < -0.4 is 0 Å². The van der Waals surface area contributed by atoms with Crippen molar-refractivity contribution in [2.45, 2.75) is 158 Å². The lowest BCUT2D eigenvalue weighted by Gasteiger charge is -2.32. The van der Waals surface area contributed by atoms with Crippen LogP contribution in [0.4, 0.5) is 0 Å². The van der Waals surface area contributed by atoms with E-state index in [4.69, 9.17) is 25.5 Å². The van der Waals surface area contributed by atoms with Gasteiger partial charge < -0.3 is 71.1 Å². The van der Waals surface area contributed by atoms with Crippen molar-refractivity contribution in [3.63, 3.8) is 0 Å². The summed E-state index contributed by atoms with van der Waals surface area (Å²) in [4.78, 5) is 10.3. The van der Waals surface area contributed by atoms with Crippen LogP contribution in [0.5, 0.6) is 0 Å². The van der Waals surface area contributed by atoms with Crippen LogP contribution in [0, 0.1) is 0 Å². The number of ether oxygens (including phenoxy) is 1. The third kappa shape index (κ3) is 21.3. The van der Waals surface area contributed by atoms with Crippen molar-refractivity contribution in [3.8, 4) is 0 Å². The Morgan fingerprint density at radius 2 is 0.791 bits per heavy atom. The Morgan fingerprint density at radius 1 is 0.488 bits per heavy atom. The summed E-state index contributed by atoms with van der Waals surface area (Å²) in [7, 11) is 0. The van der Waals surface area contributed by atoms with Crippen LogP contribution in [-0.4, -0.2) is 147 Å². The Bertz CT molecular complexity index is 611. The third-order valence-electron chi connectivity index (χ3n) is 6.92. The molecule has 0 saturated heterocycles. The Kier molecular flexibility index (Phi) is 28.0. The summed E-state index contributed by atoms with van der Waals surface area (Å²) in [5, 5.41) is 120. The van der Waals surface area contributed by atoms with E-state index in [1.807, 2.05) is 0 Å². The van der Waals surface area contributed by atoms with Gasteiger partial charge in [0.1, 0.15) is 48.8 Å². The minimum absolute atomic E-state index is 0.345. The predicted octanol–water partition coefficient (Wildman–Crippen LogP) is -1.94. The monoisotopic (exact) mass is 634 g/mol. The summed E-state index contributed by atoms with van der Waals surface area (Å²) in [6.45, 7) is 0.317. The van der Waals surface area contributed by atoms with Gasteiger partial charge in [0.15, 0.2) is 12.6 Å². The second-order valence-corrected chi connectivity index (χ2v) is 10.7. The number of hydrogen-bond acceptors (Lipinski definition) is 14. The van der Waals surface area contributed by atoms with Crippen LogP contribution in [0.15, 0.2) is 0 Å². The molecule has 15 nitrogen and oxygen atoms in total. The molecule has 0 saturated carbocycles. The van der Waals surface area contributed by atoms with Gasteiger partial charge in [-0.15, -0.1) is 0 Å². The molecule has 43 heavy (non-hydrogen) atoms. The fourth-order valence-electron chi connectivity index (χ4n) is 4.01. The van der Waals surface area contributed by atoms with E-state index in [0.29, 0.717) is 6.42 Å². The smallest absolute Gasteiger partial charge is 0.303 e. The van der Waals surface area contributed by atoms with Gasteiger partial charge in [-0.05, 0) is 6.42 Å². The van der Waals surface area contributed by atoms with Gasteiger partial charge in [-0.25, -0.2) is 0 Å². The number of aliphatic hydroxyl groups is 12. The molecule has 15 heteroatoms. The topological polar surface area (TPSA) is 289 Å². The molecule has 0 fully saturated rings. The molecule has 0 bridgehead atoms. The molecule has 0 rings (SSSR count). The molecule has 0 aromatic rings. The number of carboxylic acid groups (broad SMARTS) is 1. The second kappa shape index (κ2) is 27.3. The predicted molar refractivity (Wildman–Crippen MR) is 153 cm³/mol. The third-order valence-corrected chi connectivity index (χ3v) is 6.92. The molecule has 13 N–H and O–H groups in total. The van der Waals surface area contributed by atoms with Crippen molar-refractivity contribution in [2.24, 2.45) is 0 Å². The van der Waals surface area contributed by atoms with Crippen LogP contribution in [0.25, 0.3) is 0 Å². The van der Waals surface area contributed by atoms with E-state index in [9.17, 15) is 45.6 Å². The number of rotatable bonds is 26. The molecular formula is C28H58O15. The van der Waals surface area contributed by atoms with Crippen LogP contribution in [0.1, 0.15) is 96.8 Å². The van der Waals surface area contributed by atoms with Crippen LogP contribution in [-0.2, 0) is 9.53 Å². The minimum atomic E-state index is -2.44. The molecule has 0 spiro atoms. The molecule has 0 aliphatic carbocycles. The fraction of sp³-hybridized carbons (Fsp3) is 0.964. The molecule has 10 atom stereocenters. The zero-order valence-corrected chi connectivity index (χ0v) is 25.2. The summed E-state index contributed by atoms with van der Waals surface area (Å²) in [5.74, 6) is -0.655. The Hall–Kier alpha value is -1.05. The molecule has 0 aromatic carbocycles. The quantitative estimate of drug-likeness (QED) is 0.0364. The number of aliphatic carboxylic acids is 1. The van der Waals surface area contributed by atoms with E-state index in [2.05, 4.69) is 11.7 Å². The van der Waals surface area contributed by atoms with E-state index >= 15 is 0 Å². The first-order valence-electron chi connectivity index (χ1n) is 15.2. The molecule has 0 amide bonds. The van der Waals surface area contributed by atoms with Crippen LogP contribution >= 0.6 is 0 Å². The first kappa shape index (κ1) is 44.1. The summed E-state index contributed by atoms with van der Waals surface area (Å²) in [6, 6.07) is 0. The van der Waals surface area contributed by atoms with Gasteiger partial charge in [-0.3, -0.25) is 4.79 Å². The SMILES string of the molecule is CCCCCCCCCCCCCCCC(=O)O.OC[C@@H](O)[C@@H](O)[C@H](O)[C@@H](O)C(O)OC(O)[C@H](O)[C@@H](O)[C@H](O)[C@H](O)CO. The maximum absolute atomic E-state index is 10.3. The summed E-state index contributed by atoms with van der Waals surface area (Å²) < 4.78 is 4.32. The summed E-state index contributed by atoms with van der Waals surface area (Å²) in [6.07, 6.45) is -4.59. The molecule has 0 aliphatic rings. The van der Waals surface area contributed by atoms with Crippen molar-refractivity contribution in [2.75, 3.05) is 13.2 Å². The van der Waals surface area contributed by atoms with Gasteiger partial charge in [-0.1, -0.05) is 84.0 Å². The standard InChI is InChI=1S/C16H32O2.C12H26O13/c1-2-3-4-5-6-7-8-9-10-11-12-13-14-15-16(17)18;13-1-3(15)5(17)7(19)9(21)11(23)25-12(24)10(22)8(20)6(18)4(16)2-14/h2-15H2,1H3,(H,17,18);3-24H,1-2H2/t;3-,4-,5-,6-,7+,8+,9-,10-,11?,12?/m.1/s1. The first-order chi connectivity index (χ1) is 20.3. The normalized spacial score (nSPS) is 18.7. The Morgan fingerprint density at radius 3 is 1.07 bits per heavy atom. The van der Waals surface area contributed by atoms with E-state index in [0.717, 1.165) is 12.8 Å². The summed E-state index contributed by atoms with van der Waals surface area (Å²) in [5.41, 5.74) is 0. The molecule has 0 radical (unpaired) electrons. The van der Waals surface area contributed by atoms with Crippen molar-refractivity contribution in [1.82, 2.24) is 0 Å². The average Bonchev–Trinajstić information content (AvgIpc) is 3.00. The molecule has 260 valence electrons. The lowest BCUT2D eigenvalue weighted by atomic mass is 10.0. The van der Waals surface area contributed by atoms with Crippen LogP contribution in [0.3, 0.4) is 0 Å².